The number of anilines is 2. The zero-order valence-corrected chi connectivity index (χ0v) is 15.2. The van der Waals surface area contributed by atoms with Crippen LogP contribution in [0.25, 0.3) is 0 Å². The second-order valence-electron chi connectivity index (χ2n) is 5.61. The Morgan fingerprint density at radius 2 is 1.72 bits per heavy atom. The van der Waals surface area contributed by atoms with Gasteiger partial charge in [0, 0.05) is 16.6 Å². The summed E-state index contributed by atoms with van der Waals surface area (Å²) in [5, 5.41) is 14.1. The number of hydrogen-bond donors (Lipinski definition) is 2. The number of nitrogens with one attached hydrogen (secondary N) is 2. The number of nitrogens with zero attached hydrogens (tertiary/aromatic N) is 2. The summed E-state index contributed by atoms with van der Waals surface area (Å²) in [6.07, 6.45) is 0. The molecule has 0 saturated carbocycles. The Morgan fingerprint density at radius 3 is 2.40 bits per heavy atom. The third-order valence-electron chi connectivity index (χ3n) is 3.57. The maximum atomic E-state index is 12.1. The number of hydrogen-bond acceptors (Lipinski definition) is 4. The zero-order valence-electron chi connectivity index (χ0n) is 13.7. The fourth-order valence-corrected chi connectivity index (χ4v) is 2.56. The van der Waals surface area contributed by atoms with E-state index >= 15 is 0 Å². The molecule has 126 valence electrons. The van der Waals surface area contributed by atoms with Gasteiger partial charge in [0.15, 0.2) is 5.82 Å². The Balaban J connectivity index is 1.58. The lowest BCUT2D eigenvalue weighted by Crippen LogP contribution is -2.13. The fourth-order valence-electron chi connectivity index (χ4n) is 2.30. The Labute approximate surface area is 154 Å². The summed E-state index contributed by atoms with van der Waals surface area (Å²) in [6.45, 7) is 2.73. The van der Waals surface area contributed by atoms with Gasteiger partial charge in [-0.2, -0.15) is 0 Å². The maximum Gasteiger partial charge on any atom is 0.256 e. The van der Waals surface area contributed by atoms with E-state index < -0.39 is 0 Å². The number of halogens is 1. The van der Waals surface area contributed by atoms with Crippen LogP contribution in [0.15, 0.2) is 65.1 Å². The minimum Gasteiger partial charge on any atom is -0.365 e. The van der Waals surface area contributed by atoms with Gasteiger partial charge in [0.2, 0.25) is 0 Å². The number of aromatic nitrogens is 2. The van der Waals surface area contributed by atoms with E-state index in [0.717, 1.165) is 4.47 Å². The standard InChI is InChI=1S/C19H17BrN4O/c1-13-3-2-4-14(11-13)12-21-17-9-10-18(24-23-17)22-19(25)15-5-7-16(20)8-6-15/h2-11H,12H2,1H3,(H,21,23)(H,22,24,25). The van der Waals surface area contributed by atoms with Gasteiger partial charge < -0.3 is 10.6 Å². The van der Waals surface area contributed by atoms with Crippen molar-refractivity contribution in [2.24, 2.45) is 0 Å². The van der Waals surface area contributed by atoms with Crippen molar-refractivity contribution in [1.82, 2.24) is 10.2 Å². The van der Waals surface area contributed by atoms with Crippen LogP contribution in [0.2, 0.25) is 0 Å². The molecule has 6 heteroatoms. The van der Waals surface area contributed by atoms with Gasteiger partial charge in [0.1, 0.15) is 5.82 Å². The van der Waals surface area contributed by atoms with E-state index in [2.05, 4.69) is 61.9 Å². The van der Waals surface area contributed by atoms with Gasteiger partial charge in [-0.05, 0) is 48.9 Å². The lowest BCUT2D eigenvalue weighted by Gasteiger charge is -2.07. The topological polar surface area (TPSA) is 66.9 Å². The first-order chi connectivity index (χ1) is 12.1. The molecule has 0 bridgehead atoms. The van der Waals surface area contributed by atoms with E-state index in [-0.39, 0.29) is 5.91 Å². The molecule has 0 aliphatic rings. The molecule has 25 heavy (non-hydrogen) atoms. The first-order valence-corrected chi connectivity index (χ1v) is 8.59. The minimum absolute atomic E-state index is 0.220. The van der Waals surface area contributed by atoms with E-state index in [1.807, 2.05) is 18.2 Å². The van der Waals surface area contributed by atoms with Gasteiger partial charge in [0.05, 0.1) is 0 Å². The quantitative estimate of drug-likeness (QED) is 0.669. The molecular weight excluding hydrogens is 380 g/mol. The highest BCUT2D eigenvalue weighted by molar-refractivity contribution is 9.10. The molecule has 5 nitrogen and oxygen atoms in total. The molecule has 1 aromatic heterocycles. The predicted molar refractivity (Wildman–Crippen MR) is 103 cm³/mol. The third kappa shape index (κ3) is 4.87. The summed E-state index contributed by atoms with van der Waals surface area (Å²) in [5.41, 5.74) is 2.96. The van der Waals surface area contributed by atoms with Crippen LogP contribution in [0.5, 0.6) is 0 Å². The van der Waals surface area contributed by atoms with Crippen molar-refractivity contribution in [2.45, 2.75) is 13.5 Å². The lowest BCUT2D eigenvalue weighted by molar-refractivity contribution is 0.102. The molecule has 2 aromatic carbocycles. The van der Waals surface area contributed by atoms with Crippen LogP contribution in [0, 0.1) is 6.92 Å². The molecular formula is C19H17BrN4O. The highest BCUT2D eigenvalue weighted by Crippen LogP contribution is 2.13. The molecule has 0 unspecified atom stereocenters. The van der Waals surface area contributed by atoms with E-state index in [1.165, 1.54) is 11.1 Å². The average molecular weight is 397 g/mol. The average Bonchev–Trinajstić information content (AvgIpc) is 2.62. The maximum absolute atomic E-state index is 12.1. The first kappa shape index (κ1) is 17.1. The summed E-state index contributed by atoms with van der Waals surface area (Å²) in [4.78, 5) is 12.1. The third-order valence-corrected chi connectivity index (χ3v) is 4.10. The number of benzene rings is 2. The number of aryl methyl sites for hydroxylation is 1. The summed E-state index contributed by atoms with van der Waals surface area (Å²) in [5.74, 6) is 0.847. The first-order valence-electron chi connectivity index (χ1n) is 7.80. The van der Waals surface area contributed by atoms with Crippen LogP contribution < -0.4 is 10.6 Å². The van der Waals surface area contributed by atoms with Crippen LogP contribution in [0.3, 0.4) is 0 Å². The van der Waals surface area contributed by atoms with E-state index in [0.29, 0.717) is 23.7 Å². The monoisotopic (exact) mass is 396 g/mol. The summed E-state index contributed by atoms with van der Waals surface area (Å²) in [7, 11) is 0. The van der Waals surface area contributed by atoms with Gasteiger partial charge in [0.25, 0.3) is 5.91 Å². The minimum atomic E-state index is -0.220. The van der Waals surface area contributed by atoms with E-state index in [1.54, 1.807) is 24.3 Å². The Bertz CT molecular complexity index is 863. The Kier molecular flexibility index (Phi) is 5.40. The molecule has 3 aromatic rings. The van der Waals surface area contributed by atoms with Crippen LogP contribution in [-0.2, 0) is 6.54 Å². The molecule has 0 spiro atoms. The molecule has 0 saturated heterocycles. The smallest absolute Gasteiger partial charge is 0.256 e. The van der Waals surface area contributed by atoms with E-state index in [4.69, 9.17) is 0 Å². The fraction of sp³-hybridized carbons (Fsp3) is 0.105. The molecule has 1 heterocycles. The summed E-state index contributed by atoms with van der Waals surface area (Å²) >= 11 is 3.34. The second-order valence-corrected chi connectivity index (χ2v) is 6.52. The van der Waals surface area contributed by atoms with Crippen molar-refractivity contribution >= 4 is 33.5 Å². The van der Waals surface area contributed by atoms with Gasteiger partial charge in [-0.3, -0.25) is 4.79 Å². The van der Waals surface area contributed by atoms with Crippen molar-refractivity contribution in [3.05, 3.63) is 81.8 Å². The van der Waals surface area contributed by atoms with Crippen LogP contribution >= 0.6 is 15.9 Å². The van der Waals surface area contributed by atoms with E-state index in [9.17, 15) is 4.79 Å². The Morgan fingerprint density at radius 1 is 1.00 bits per heavy atom. The number of carbonyl (C=O) groups excluding carboxylic acids is 1. The normalized spacial score (nSPS) is 10.3. The van der Waals surface area contributed by atoms with Gasteiger partial charge in [-0.15, -0.1) is 10.2 Å². The second kappa shape index (κ2) is 7.90. The van der Waals surface area contributed by atoms with Crippen molar-refractivity contribution in [1.29, 1.82) is 0 Å². The predicted octanol–water partition coefficient (Wildman–Crippen LogP) is 4.41. The molecule has 0 radical (unpaired) electrons. The molecule has 0 aliphatic heterocycles. The van der Waals surface area contributed by atoms with Gasteiger partial charge in [-0.25, -0.2) is 0 Å². The van der Waals surface area contributed by atoms with Crippen molar-refractivity contribution in [3.8, 4) is 0 Å². The molecule has 2 N–H and O–H groups in total. The van der Waals surface area contributed by atoms with Gasteiger partial charge >= 0.3 is 0 Å². The zero-order chi connectivity index (χ0) is 17.6. The summed E-state index contributed by atoms with van der Waals surface area (Å²) < 4.78 is 0.924. The van der Waals surface area contributed by atoms with Crippen LogP contribution in [0.4, 0.5) is 11.6 Å². The van der Waals surface area contributed by atoms with Crippen LogP contribution in [-0.4, -0.2) is 16.1 Å². The highest BCUT2D eigenvalue weighted by atomic mass is 79.9. The number of carbonyl (C=O) groups is 1. The largest absolute Gasteiger partial charge is 0.365 e. The van der Waals surface area contributed by atoms with Crippen molar-refractivity contribution in [2.75, 3.05) is 10.6 Å². The molecule has 0 aliphatic carbocycles. The lowest BCUT2D eigenvalue weighted by atomic mass is 10.1. The number of amides is 1. The Hall–Kier alpha value is -2.73. The number of rotatable bonds is 5. The van der Waals surface area contributed by atoms with Gasteiger partial charge in [-0.1, -0.05) is 45.8 Å². The SMILES string of the molecule is Cc1cccc(CNc2ccc(NC(=O)c3ccc(Br)cc3)nn2)c1. The molecule has 0 atom stereocenters. The molecule has 0 fully saturated rings. The van der Waals surface area contributed by atoms with Crippen LogP contribution in [0.1, 0.15) is 21.5 Å². The van der Waals surface area contributed by atoms with Crippen molar-refractivity contribution < 1.29 is 4.79 Å². The highest BCUT2D eigenvalue weighted by Gasteiger charge is 2.07. The molecule has 3 rings (SSSR count). The molecule has 1 amide bonds. The summed E-state index contributed by atoms with van der Waals surface area (Å²) in [6, 6.07) is 18.9. The van der Waals surface area contributed by atoms with Crippen molar-refractivity contribution in [3.63, 3.8) is 0 Å².